The molecule has 0 atom stereocenters. The second kappa shape index (κ2) is 3.66. The van der Waals surface area contributed by atoms with E-state index < -0.39 is 5.41 Å². The highest BCUT2D eigenvalue weighted by Gasteiger charge is 2.52. The Morgan fingerprint density at radius 2 is 2.00 bits per heavy atom. The number of hydrogen-bond acceptors (Lipinski definition) is 3. The SMILES string of the molecule is COC(=O)C1(c2ccc(CO)cc2)CC1. The van der Waals surface area contributed by atoms with Crippen molar-refractivity contribution in [1.29, 1.82) is 0 Å². The first-order valence-corrected chi connectivity index (χ1v) is 5.01. The van der Waals surface area contributed by atoms with E-state index in [4.69, 9.17) is 9.84 Å². The van der Waals surface area contributed by atoms with Crippen molar-refractivity contribution in [1.82, 2.24) is 0 Å². The van der Waals surface area contributed by atoms with Crippen LogP contribution in [0.15, 0.2) is 24.3 Å². The lowest BCUT2D eigenvalue weighted by Gasteiger charge is -2.12. The molecule has 1 aliphatic carbocycles. The normalized spacial score (nSPS) is 17.2. The Morgan fingerprint density at radius 3 is 2.40 bits per heavy atom. The molecule has 2 rings (SSSR count). The molecule has 1 aromatic rings. The van der Waals surface area contributed by atoms with E-state index in [0.717, 1.165) is 24.0 Å². The van der Waals surface area contributed by atoms with Gasteiger partial charge in [0.25, 0.3) is 0 Å². The molecule has 80 valence electrons. The monoisotopic (exact) mass is 206 g/mol. The van der Waals surface area contributed by atoms with Gasteiger partial charge in [0.05, 0.1) is 19.1 Å². The number of carbonyl (C=O) groups excluding carboxylic acids is 1. The highest BCUT2D eigenvalue weighted by Crippen LogP contribution is 2.49. The predicted octanol–water partition coefficient (Wildman–Crippen LogP) is 1.38. The van der Waals surface area contributed by atoms with Gasteiger partial charge in [-0.3, -0.25) is 4.79 Å². The van der Waals surface area contributed by atoms with E-state index >= 15 is 0 Å². The molecule has 3 heteroatoms. The van der Waals surface area contributed by atoms with Gasteiger partial charge in [0.2, 0.25) is 0 Å². The van der Waals surface area contributed by atoms with Gasteiger partial charge in [0, 0.05) is 0 Å². The molecule has 3 nitrogen and oxygen atoms in total. The van der Waals surface area contributed by atoms with E-state index in [0.29, 0.717) is 0 Å². The number of aliphatic hydroxyl groups is 1. The molecule has 1 saturated carbocycles. The third-order valence-electron chi connectivity index (χ3n) is 3.02. The Balaban J connectivity index is 2.26. The summed E-state index contributed by atoms with van der Waals surface area (Å²) < 4.78 is 4.80. The zero-order valence-electron chi connectivity index (χ0n) is 8.69. The number of hydrogen-bond donors (Lipinski definition) is 1. The van der Waals surface area contributed by atoms with Gasteiger partial charge in [-0.05, 0) is 24.0 Å². The molecule has 1 aromatic carbocycles. The minimum atomic E-state index is -0.400. The largest absolute Gasteiger partial charge is 0.468 e. The zero-order chi connectivity index (χ0) is 10.9. The maximum atomic E-state index is 11.6. The van der Waals surface area contributed by atoms with Crippen LogP contribution < -0.4 is 0 Å². The molecule has 0 aromatic heterocycles. The van der Waals surface area contributed by atoms with Crippen LogP contribution in [0.4, 0.5) is 0 Å². The number of methoxy groups -OCH3 is 1. The van der Waals surface area contributed by atoms with Crippen molar-refractivity contribution in [3.63, 3.8) is 0 Å². The van der Waals surface area contributed by atoms with Gasteiger partial charge >= 0.3 is 5.97 Å². The molecule has 1 aliphatic rings. The van der Waals surface area contributed by atoms with Crippen molar-refractivity contribution in [2.24, 2.45) is 0 Å². The Bertz CT molecular complexity index is 363. The topological polar surface area (TPSA) is 46.5 Å². The molecular weight excluding hydrogens is 192 g/mol. The molecule has 15 heavy (non-hydrogen) atoms. The van der Waals surface area contributed by atoms with Crippen LogP contribution in [0.25, 0.3) is 0 Å². The Kier molecular flexibility index (Phi) is 2.49. The van der Waals surface area contributed by atoms with Gasteiger partial charge in [0.15, 0.2) is 0 Å². The Labute approximate surface area is 88.7 Å². The minimum absolute atomic E-state index is 0.0332. The van der Waals surface area contributed by atoms with Gasteiger partial charge in [-0.2, -0.15) is 0 Å². The van der Waals surface area contributed by atoms with Crippen molar-refractivity contribution in [3.05, 3.63) is 35.4 Å². The van der Waals surface area contributed by atoms with Crippen LogP contribution in [0.3, 0.4) is 0 Å². The molecule has 0 amide bonds. The zero-order valence-corrected chi connectivity index (χ0v) is 8.69. The second-order valence-corrected chi connectivity index (χ2v) is 3.93. The van der Waals surface area contributed by atoms with Crippen molar-refractivity contribution < 1.29 is 14.6 Å². The minimum Gasteiger partial charge on any atom is -0.468 e. The van der Waals surface area contributed by atoms with Crippen LogP contribution in [0.1, 0.15) is 24.0 Å². The summed E-state index contributed by atoms with van der Waals surface area (Å²) in [7, 11) is 1.42. The van der Waals surface area contributed by atoms with Crippen LogP contribution in [-0.4, -0.2) is 18.2 Å². The first-order valence-electron chi connectivity index (χ1n) is 5.01. The molecular formula is C12H14O3. The number of carbonyl (C=O) groups is 1. The average Bonchev–Trinajstić information content (AvgIpc) is 3.09. The molecule has 1 fully saturated rings. The van der Waals surface area contributed by atoms with Gasteiger partial charge in [0.1, 0.15) is 0 Å². The fourth-order valence-corrected chi connectivity index (χ4v) is 1.86. The summed E-state index contributed by atoms with van der Waals surface area (Å²) in [5, 5.41) is 8.91. The van der Waals surface area contributed by atoms with Crippen LogP contribution in [0.2, 0.25) is 0 Å². The highest BCUT2D eigenvalue weighted by atomic mass is 16.5. The summed E-state index contributed by atoms with van der Waals surface area (Å²) >= 11 is 0. The maximum absolute atomic E-state index is 11.6. The average molecular weight is 206 g/mol. The Morgan fingerprint density at radius 1 is 1.40 bits per heavy atom. The van der Waals surface area contributed by atoms with Gasteiger partial charge in [-0.25, -0.2) is 0 Å². The molecule has 0 bridgehead atoms. The third kappa shape index (κ3) is 1.63. The smallest absolute Gasteiger partial charge is 0.316 e. The predicted molar refractivity (Wildman–Crippen MR) is 55.3 cm³/mol. The van der Waals surface area contributed by atoms with Crippen molar-refractivity contribution in [3.8, 4) is 0 Å². The van der Waals surface area contributed by atoms with E-state index in [1.165, 1.54) is 7.11 Å². The van der Waals surface area contributed by atoms with Crippen LogP contribution in [0, 0.1) is 0 Å². The molecule has 0 aliphatic heterocycles. The first kappa shape index (κ1) is 10.2. The summed E-state index contributed by atoms with van der Waals surface area (Å²) in [5.41, 5.74) is 1.45. The number of benzene rings is 1. The van der Waals surface area contributed by atoms with E-state index in [-0.39, 0.29) is 12.6 Å². The standard InChI is InChI=1S/C12H14O3/c1-15-11(14)12(6-7-12)10-4-2-9(8-13)3-5-10/h2-5,13H,6-8H2,1H3. The lowest BCUT2D eigenvalue weighted by molar-refractivity contribution is -0.143. The van der Waals surface area contributed by atoms with E-state index in [1.807, 2.05) is 24.3 Å². The maximum Gasteiger partial charge on any atom is 0.316 e. The number of esters is 1. The molecule has 1 N–H and O–H groups in total. The van der Waals surface area contributed by atoms with Crippen LogP contribution in [0.5, 0.6) is 0 Å². The quantitative estimate of drug-likeness (QED) is 0.760. The van der Waals surface area contributed by atoms with Gasteiger partial charge < -0.3 is 9.84 Å². The Hall–Kier alpha value is -1.35. The van der Waals surface area contributed by atoms with Crippen LogP contribution >= 0.6 is 0 Å². The van der Waals surface area contributed by atoms with Crippen molar-refractivity contribution in [2.45, 2.75) is 24.9 Å². The van der Waals surface area contributed by atoms with Gasteiger partial charge in [-0.15, -0.1) is 0 Å². The van der Waals surface area contributed by atoms with Crippen LogP contribution in [-0.2, 0) is 21.6 Å². The summed E-state index contributed by atoms with van der Waals surface area (Å²) in [6.07, 6.45) is 1.72. The summed E-state index contributed by atoms with van der Waals surface area (Å²) in [5.74, 6) is -0.153. The third-order valence-corrected chi connectivity index (χ3v) is 3.02. The van der Waals surface area contributed by atoms with E-state index in [2.05, 4.69) is 0 Å². The fourth-order valence-electron chi connectivity index (χ4n) is 1.86. The number of aliphatic hydroxyl groups excluding tert-OH is 1. The number of rotatable bonds is 3. The summed E-state index contributed by atoms with van der Waals surface area (Å²) in [4.78, 5) is 11.6. The van der Waals surface area contributed by atoms with Crippen molar-refractivity contribution in [2.75, 3.05) is 7.11 Å². The summed E-state index contributed by atoms with van der Waals surface area (Å²) in [6.45, 7) is 0.0332. The molecule has 0 heterocycles. The fraction of sp³-hybridized carbons (Fsp3) is 0.417. The summed E-state index contributed by atoms with van der Waals surface area (Å²) in [6, 6.07) is 7.49. The first-order chi connectivity index (χ1) is 7.23. The molecule has 0 radical (unpaired) electrons. The number of ether oxygens (including phenoxy) is 1. The molecule has 0 unspecified atom stereocenters. The van der Waals surface area contributed by atoms with Gasteiger partial charge in [-0.1, -0.05) is 24.3 Å². The molecule has 0 saturated heterocycles. The lowest BCUT2D eigenvalue weighted by Crippen LogP contribution is -2.21. The molecule has 0 spiro atoms. The van der Waals surface area contributed by atoms with E-state index in [9.17, 15) is 4.79 Å². The lowest BCUT2D eigenvalue weighted by atomic mass is 9.95. The van der Waals surface area contributed by atoms with Crippen molar-refractivity contribution >= 4 is 5.97 Å². The second-order valence-electron chi connectivity index (χ2n) is 3.93. The highest BCUT2D eigenvalue weighted by molar-refractivity contribution is 5.86. The van der Waals surface area contributed by atoms with E-state index in [1.54, 1.807) is 0 Å².